The van der Waals surface area contributed by atoms with E-state index >= 15 is 0 Å². The Bertz CT molecular complexity index is 406. The fraction of sp³-hybridized carbons (Fsp3) is 0.533. The van der Waals surface area contributed by atoms with Crippen molar-refractivity contribution in [3.8, 4) is 0 Å². The summed E-state index contributed by atoms with van der Waals surface area (Å²) in [4.78, 5) is 14.5. The minimum Gasteiger partial charge on any atom is -0.338 e. The molecule has 0 atom stereocenters. The van der Waals surface area contributed by atoms with Crippen LogP contribution in [0, 0.1) is 11.8 Å². The second-order valence-corrected chi connectivity index (χ2v) is 5.69. The van der Waals surface area contributed by atoms with Gasteiger partial charge in [-0.05, 0) is 24.0 Å². The molecule has 1 aromatic rings. The first kappa shape index (κ1) is 15.5. The van der Waals surface area contributed by atoms with Crippen LogP contribution < -0.4 is 11.3 Å². The molecule has 0 fully saturated rings. The second kappa shape index (κ2) is 7.14. The zero-order chi connectivity index (χ0) is 14.4. The van der Waals surface area contributed by atoms with E-state index in [-0.39, 0.29) is 5.91 Å². The highest BCUT2D eigenvalue weighted by Crippen LogP contribution is 2.17. The highest BCUT2D eigenvalue weighted by Gasteiger charge is 2.20. The van der Waals surface area contributed by atoms with Crippen LogP contribution in [0.4, 0.5) is 5.69 Å². The standard InChI is InChI=1S/C15H25N3O/c1-11(2)9-18(10-12(3)4)15(19)13-7-5-6-8-14(13)17-16/h5-8,11-12,17H,9-10,16H2,1-4H3. The molecule has 0 saturated carbocycles. The lowest BCUT2D eigenvalue weighted by atomic mass is 10.1. The molecular formula is C15H25N3O. The predicted molar refractivity (Wildman–Crippen MR) is 79.8 cm³/mol. The van der Waals surface area contributed by atoms with Crippen molar-refractivity contribution in [3.05, 3.63) is 29.8 Å². The number of amides is 1. The third-order valence-corrected chi connectivity index (χ3v) is 2.77. The van der Waals surface area contributed by atoms with E-state index in [0.717, 1.165) is 13.1 Å². The van der Waals surface area contributed by atoms with Crippen molar-refractivity contribution in [2.75, 3.05) is 18.5 Å². The number of hydrogen-bond acceptors (Lipinski definition) is 3. The van der Waals surface area contributed by atoms with Crippen molar-refractivity contribution < 1.29 is 4.79 Å². The van der Waals surface area contributed by atoms with E-state index < -0.39 is 0 Å². The van der Waals surface area contributed by atoms with Crippen LogP contribution in [0.25, 0.3) is 0 Å². The molecule has 4 heteroatoms. The average molecular weight is 263 g/mol. The Balaban J connectivity index is 2.97. The van der Waals surface area contributed by atoms with Crippen LogP contribution in [-0.4, -0.2) is 23.9 Å². The van der Waals surface area contributed by atoms with Gasteiger partial charge in [-0.15, -0.1) is 0 Å². The molecule has 1 amide bonds. The molecule has 0 radical (unpaired) electrons. The number of nitrogen functional groups attached to an aromatic ring is 1. The van der Waals surface area contributed by atoms with Gasteiger partial charge in [-0.2, -0.15) is 0 Å². The lowest BCUT2D eigenvalue weighted by Gasteiger charge is -2.27. The molecule has 0 saturated heterocycles. The molecule has 0 unspecified atom stereocenters. The van der Waals surface area contributed by atoms with E-state index in [1.165, 1.54) is 0 Å². The molecular weight excluding hydrogens is 238 g/mol. The van der Waals surface area contributed by atoms with Crippen molar-refractivity contribution in [1.82, 2.24) is 4.90 Å². The van der Waals surface area contributed by atoms with Crippen LogP contribution in [-0.2, 0) is 0 Å². The van der Waals surface area contributed by atoms with Gasteiger partial charge in [-0.1, -0.05) is 39.8 Å². The maximum absolute atomic E-state index is 12.6. The van der Waals surface area contributed by atoms with Crippen LogP contribution in [0.5, 0.6) is 0 Å². The summed E-state index contributed by atoms with van der Waals surface area (Å²) in [5.74, 6) is 6.40. The lowest BCUT2D eigenvalue weighted by molar-refractivity contribution is 0.0716. The Morgan fingerprint density at radius 3 is 2.16 bits per heavy atom. The largest absolute Gasteiger partial charge is 0.338 e. The van der Waals surface area contributed by atoms with E-state index in [2.05, 4.69) is 33.1 Å². The highest BCUT2D eigenvalue weighted by molar-refractivity contribution is 5.99. The minimum atomic E-state index is 0.0379. The van der Waals surface area contributed by atoms with Gasteiger partial charge in [0, 0.05) is 13.1 Å². The summed E-state index contributed by atoms with van der Waals surface area (Å²) in [6, 6.07) is 7.35. The van der Waals surface area contributed by atoms with Crippen LogP contribution >= 0.6 is 0 Å². The van der Waals surface area contributed by atoms with Gasteiger partial charge in [-0.3, -0.25) is 10.6 Å². The summed E-state index contributed by atoms with van der Waals surface area (Å²) >= 11 is 0. The first-order valence-electron chi connectivity index (χ1n) is 6.80. The van der Waals surface area contributed by atoms with E-state index in [4.69, 9.17) is 5.84 Å². The van der Waals surface area contributed by atoms with Crippen molar-refractivity contribution in [3.63, 3.8) is 0 Å². The molecule has 106 valence electrons. The molecule has 1 aromatic carbocycles. The van der Waals surface area contributed by atoms with Crippen molar-refractivity contribution in [1.29, 1.82) is 0 Å². The Kier molecular flexibility index (Phi) is 5.83. The number of nitrogens with zero attached hydrogens (tertiary/aromatic N) is 1. The quantitative estimate of drug-likeness (QED) is 0.613. The normalized spacial score (nSPS) is 10.9. The van der Waals surface area contributed by atoms with Gasteiger partial charge in [0.15, 0.2) is 0 Å². The number of carbonyl (C=O) groups excluding carboxylic acids is 1. The van der Waals surface area contributed by atoms with Crippen molar-refractivity contribution in [2.45, 2.75) is 27.7 Å². The molecule has 0 aromatic heterocycles. The minimum absolute atomic E-state index is 0.0379. The Labute approximate surface area is 115 Å². The summed E-state index contributed by atoms with van der Waals surface area (Å²) < 4.78 is 0. The predicted octanol–water partition coefficient (Wildman–Crippen LogP) is 2.73. The molecule has 3 N–H and O–H groups in total. The van der Waals surface area contributed by atoms with Crippen LogP contribution in [0.1, 0.15) is 38.1 Å². The van der Waals surface area contributed by atoms with E-state index in [9.17, 15) is 4.79 Å². The summed E-state index contributed by atoms with van der Waals surface area (Å²) in [7, 11) is 0. The average Bonchev–Trinajstić information content (AvgIpc) is 2.36. The van der Waals surface area contributed by atoms with Gasteiger partial charge >= 0.3 is 0 Å². The maximum Gasteiger partial charge on any atom is 0.256 e. The van der Waals surface area contributed by atoms with Gasteiger partial charge in [0.25, 0.3) is 5.91 Å². The summed E-state index contributed by atoms with van der Waals surface area (Å²) in [5, 5.41) is 0. The van der Waals surface area contributed by atoms with E-state index in [1.807, 2.05) is 29.2 Å². The molecule has 0 aliphatic heterocycles. The van der Waals surface area contributed by atoms with Crippen molar-refractivity contribution in [2.24, 2.45) is 17.7 Å². The number of nitrogens with two attached hydrogens (primary N) is 1. The number of hydrogen-bond donors (Lipinski definition) is 2. The Hall–Kier alpha value is -1.55. The summed E-state index contributed by atoms with van der Waals surface area (Å²) in [6.07, 6.45) is 0. The first-order valence-corrected chi connectivity index (χ1v) is 6.80. The fourth-order valence-corrected chi connectivity index (χ4v) is 2.09. The third-order valence-electron chi connectivity index (χ3n) is 2.77. The van der Waals surface area contributed by atoms with E-state index in [0.29, 0.717) is 23.1 Å². The lowest BCUT2D eigenvalue weighted by Crippen LogP contribution is -2.37. The van der Waals surface area contributed by atoms with Gasteiger partial charge < -0.3 is 10.3 Å². The topological polar surface area (TPSA) is 58.4 Å². The number of benzene rings is 1. The van der Waals surface area contributed by atoms with Gasteiger partial charge in [-0.25, -0.2) is 0 Å². The molecule has 4 nitrogen and oxygen atoms in total. The van der Waals surface area contributed by atoms with Crippen LogP contribution in [0.3, 0.4) is 0 Å². The number of hydrazine groups is 1. The van der Waals surface area contributed by atoms with Crippen molar-refractivity contribution >= 4 is 11.6 Å². The first-order chi connectivity index (χ1) is 8.95. The smallest absolute Gasteiger partial charge is 0.256 e. The number of rotatable bonds is 6. The maximum atomic E-state index is 12.6. The zero-order valence-electron chi connectivity index (χ0n) is 12.3. The Morgan fingerprint density at radius 2 is 1.68 bits per heavy atom. The monoisotopic (exact) mass is 263 g/mol. The van der Waals surface area contributed by atoms with Crippen LogP contribution in [0.2, 0.25) is 0 Å². The van der Waals surface area contributed by atoms with Gasteiger partial charge in [0.2, 0.25) is 0 Å². The van der Waals surface area contributed by atoms with Crippen LogP contribution in [0.15, 0.2) is 24.3 Å². The molecule has 0 aliphatic rings. The highest BCUT2D eigenvalue weighted by atomic mass is 16.2. The number of carbonyl (C=O) groups is 1. The van der Waals surface area contributed by atoms with Gasteiger partial charge in [0.1, 0.15) is 0 Å². The summed E-state index contributed by atoms with van der Waals surface area (Å²) in [6.45, 7) is 9.99. The second-order valence-electron chi connectivity index (χ2n) is 5.69. The molecule has 0 aliphatic carbocycles. The molecule has 0 bridgehead atoms. The fourth-order valence-electron chi connectivity index (χ4n) is 2.09. The Morgan fingerprint density at radius 1 is 1.16 bits per heavy atom. The third kappa shape index (κ3) is 4.56. The molecule has 0 heterocycles. The zero-order valence-corrected chi connectivity index (χ0v) is 12.3. The van der Waals surface area contributed by atoms with E-state index in [1.54, 1.807) is 0 Å². The molecule has 1 rings (SSSR count). The SMILES string of the molecule is CC(C)CN(CC(C)C)C(=O)c1ccccc1NN. The molecule has 0 spiro atoms. The number of nitrogens with one attached hydrogen (secondary N) is 1. The molecule has 19 heavy (non-hydrogen) atoms. The van der Waals surface area contributed by atoms with Gasteiger partial charge in [0.05, 0.1) is 11.3 Å². The number of anilines is 1. The number of para-hydroxylation sites is 1. The summed E-state index contributed by atoms with van der Waals surface area (Å²) in [5.41, 5.74) is 3.89.